The smallest absolute Gasteiger partial charge is 0.139 e. The average Bonchev–Trinajstić information content (AvgIpc) is 3.24. The van der Waals surface area contributed by atoms with Crippen molar-refractivity contribution < 1.29 is 8.78 Å². The molecule has 1 heterocycles. The van der Waals surface area contributed by atoms with Crippen LogP contribution in [0.15, 0.2) is 61.2 Å². The highest BCUT2D eigenvalue weighted by atomic mass is 19.1. The Morgan fingerprint density at radius 3 is 1.93 bits per heavy atom. The first-order valence-corrected chi connectivity index (χ1v) is 9.81. The van der Waals surface area contributed by atoms with Gasteiger partial charge in [-0.15, -0.1) is 5.10 Å². The Kier molecular flexibility index (Phi) is 7.12. The van der Waals surface area contributed by atoms with Gasteiger partial charge in [-0.3, -0.25) is 5.01 Å². The second-order valence-corrected chi connectivity index (χ2v) is 6.90. The number of unbranched alkanes of at least 4 members (excludes halogenated alkanes) is 4. The summed E-state index contributed by atoms with van der Waals surface area (Å²) in [4.78, 5) is 5.81. The van der Waals surface area contributed by atoms with E-state index >= 15 is 0 Å². The molecule has 0 saturated heterocycles. The standard InChI is InChI=1S/C22H26F2N4/c1-2-3-4-5-6-15-27(28-17-25-16-26-28)22(18-7-11-20(23)12-8-18)19-9-13-21(24)14-10-19/h7-14,16-17,22H,2-6,15H2,1H3. The Hall–Kier alpha value is -2.76. The van der Waals surface area contributed by atoms with Crippen LogP contribution in [-0.4, -0.2) is 21.4 Å². The normalized spacial score (nSPS) is 11.1. The molecule has 0 amide bonds. The summed E-state index contributed by atoms with van der Waals surface area (Å²) in [7, 11) is 0. The molecule has 4 nitrogen and oxygen atoms in total. The Labute approximate surface area is 164 Å². The van der Waals surface area contributed by atoms with Gasteiger partial charge in [0.1, 0.15) is 24.3 Å². The molecular formula is C22H26F2N4. The Morgan fingerprint density at radius 1 is 0.857 bits per heavy atom. The number of nitrogens with zero attached hydrogens (tertiary/aromatic N) is 4. The molecule has 0 bridgehead atoms. The van der Waals surface area contributed by atoms with Gasteiger partial charge in [-0.2, -0.15) is 4.79 Å². The lowest BCUT2D eigenvalue weighted by molar-refractivity contribution is 0.461. The Balaban J connectivity index is 1.93. The van der Waals surface area contributed by atoms with Gasteiger partial charge in [0.15, 0.2) is 0 Å². The van der Waals surface area contributed by atoms with E-state index in [0.29, 0.717) is 0 Å². The van der Waals surface area contributed by atoms with Gasteiger partial charge in [0.05, 0.1) is 6.04 Å². The molecule has 28 heavy (non-hydrogen) atoms. The highest BCUT2D eigenvalue weighted by Gasteiger charge is 2.23. The second kappa shape index (κ2) is 9.97. The molecule has 3 aromatic rings. The summed E-state index contributed by atoms with van der Waals surface area (Å²) < 4.78 is 27.0. The minimum atomic E-state index is -0.284. The molecule has 148 valence electrons. The summed E-state index contributed by atoms with van der Waals surface area (Å²) in [5.41, 5.74) is 1.83. The number of aromatic nitrogens is 3. The lowest BCUT2D eigenvalue weighted by Crippen LogP contribution is -2.40. The first-order chi connectivity index (χ1) is 13.7. The minimum Gasteiger partial charge on any atom is -0.284 e. The van der Waals surface area contributed by atoms with E-state index in [2.05, 4.69) is 22.0 Å². The lowest BCUT2D eigenvalue weighted by atomic mass is 9.97. The zero-order chi connectivity index (χ0) is 19.8. The van der Waals surface area contributed by atoms with Crippen LogP contribution in [-0.2, 0) is 0 Å². The third kappa shape index (κ3) is 5.15. The van der Waals surface area contributed by atoms with Crippen molar-refractivity contribution in [3.63, 3.8) is 0 Å². The van der Waals surface area contributed by atoms with Crippen LogP contribution >= 0.6 is 0 Å². The quantitative estimate of drug-likeness (QED) is 0.448. The molecular weight excluding hydrogens is 358 g/mol. The third-order valence-electron chi connectivity index (χ3n) is 4.83. The molecule has 0 fully saturated rings. The maximum absolute atomic E-state index is 13.5. The molecule has 0 aliphatic carbocycles. The summed E-state index contributed by atoms with van der Waals surface area (Å²) in [6.07, 6.45) is 8.89. The first-order valence-electron chi connectivity index (χ1n) is 9.81. The summed E-state index contributed by atoms with van der Waals surface area (Å²) in [5, 5.41) is 6.42. The van der Waals surface area contributed by atoms with Crippen molar-refractivity contribution in [3.05, 3.63) is 83.9 Å². The van der Waals surface area contributed by atoms with E-state index in [9.17, 15) is 8.78 Å². The van der Waals surface area contributed by atoms with Gasteiger partial charge in [0.2, 0.25) is 0 Å². The van der Waals surface area contributed by atoms with Crippen LogP contribution in [0, 0.1) is 11.6 Å². The van der Waals surface area contributed by atoms with Gasteiger partial charge in [-0.05, 0) is 41.8 Å². The molecule has 1 aromatic heterocycles. The fourth-order valence-corrected chi connectivity index (χ4v) is 3.39. The van der Waals surface area contributed by atoms with Crippen LogP contribution in [0.5, 0.6) is 0 Å². The van der Waals surface area contributed by atoms with E-state index in [1.54, 1.807) is 35.4 Å². The van der Waals surface area contributed by atoms with Crippen LogP contribution in [0.4, 0.5) is 8.78 Å². The Bertz CT molecular complexity index is 771. The van der Waals surface area contributed by atoms with Crippen LogP contribution in [0.1, 0.15) is 56.2 Å². The molecule has 0 radical (unpaired) electrons. The van der Waals surface area contributed by atoms with Gasteiger partial charge in [0, 0.05) is 6.54 Å². The predicted molar refractivity (Wildman–Crippen MR) is 107 cm³/mol. The second-order valence-electron chi connectivity index (χ2n) is 6.90. The van der Waals surface area contributed by atoms with Gasteiger partial charge >= 0.3 is 0 Å². The van der Waals surface area contributed by atoms with Crippen LogP contribution in [0.25, 0.3) is 0 Å². The van der Waals surface area contributed by atoms with E-state index in [1.807, 2.05) is 0 Å². The molecule has 0 saturated carbocycles. The molecule has 0 spiro atoms. The predicted octanol–water partition coefficient (Wildman–Crippen LogP) is 5.25. The third-order valence-corrected chi connectivity index (χ3v) is 4.83. The lowest BCUT2D eigenvalue weighted by Gasteiger charge is -2.33. The number of benzene rings is 2. The maximum Gasteiger partial charge on any atom is 0.139 e. The van der Waals surface area contributed by atoms with Crippen molar-refractivity contribution in [2.75, 3.05) is 11.6 Å². The van der Waals surface area contributed by atoms with Crippen LogP contribution in [0.2, 0.25) is 0 Å². The molecule has 0 atom stereocenters. The van der Waals surface area contributed by atoms with Gasteiger partial charge in [-0.1, -0.05) is 56.9 Å². The van der Waals surface area contributed by atoms with Crippen molar-refractivity contribution in [3.8, 4) is 0 Å². The van der Waals surface area contributed by atoms with Crippen molar-refractivity contribution in [2.45, 2.75) is 45.1 Å². The number of rotatable bonds is 10. The fourth-order valence-electron chi connectivity index (χ4n) is 3.39. The zero-order valence-corrected chi connectivity index (χ0v) is 16.1. The molecule has 2 aromatic carbocycles. The van der Waals surface area contributed by atoms with E-state index in [1.165, 1.54) is 49.9 Å². The summed E-state index contributed by atoms with van der Waals surface area (Å²) in [6, 6.07) is 12.6. The van der Waals surface area contributed by atoms with E-state index in [4.69, 9.17) is 0 Å². The van der Waals surface area contributed by atoms with Crippen LogP contribution < -0.4 is 5.01 Å². The highest BCUT2D eigenvalue weighted by Crippen LogP contribution is 2.28. The first kappa shape index (κ1) is 20.0. The van der Waals surface area contributed by atoms with E-state index in [-0.39, 0.29) is 17.7 Å². The zero-order valence-electron chi connectivity index (χ0n) is 16.1. The topological polar surface area (TPSA) is 34.0 Å². The van der Waals surface area contributed by atoms with E-state index in [0.717, 1.165) is 30.5 Å². The van der Waals surface area contributed by atoms with Crippen molar-refractivity contribution in [1.82, 2.24) is 14.9 Å². The van der Waals surface area contributed by atoms with Gasteiger partial charge in [-0.25, -0.2) is 13.8 Å². The molecule has 0 aliphatic heterocycles. The molecule has 6 heteroatoms. The largest absolute Gasteiger partial charge is 0.284 e. The molecule has 3 rings (SSSR count). The number of hydrogen-bond donors (Lipinski definition) is 0. The minimum absolute atomic E-state index is 0.228. The number of halogens is 2. The highest BCUT2D eigenvalue weighted by molar-refractivity contribution is 5.35. The van der Waals surface area contributed by atoms with Crippen molar-refractivity contribution in [1.29, 1.82) is 0 Å². The average molecular weight is 384 g/mol. The summed E-state index contributed by atoms with van der Waals surface area (Å²) >= 11 is 0. The summed E-state index contributed by atoms with van der Waals surface area (Å²) in [6.45, 7) is 2.95. The number of hydrogen-bond acceptors (Lipinski definition) is 3. The Morgan fingerprint density at radius 2 is 1.43 bits per heavy atom. The fraction of sp³-hybridized carbons (Fsp3) is 0.364. The molecule has 0 unspecified atom stereocenters. The molecule has 0 aliphatic rings. The summed E-state index contributed by atoms with van der Waals surface area (Å²) in [5.74, 6) is -0.568. The maximum atomic E-state index is 13.5. The van der Waals surface area contributed by atoms with Gasteiger partial charge < -0.3 is 0 Å². The van der Waals surface area contributed by atoms with E-state index < -0.39 is 0 Å². The monoisotopic (exact) mass is 384 g/mol. The van der Waals surface area contributed by atoms with Crippen molar-refractivity contribution in [2.24, 2.45) is 0 Å². The SMILES string of the molecule is CCCCCCCN(C(c1ccc(F)cc1)c1ccc(F)cc1)n1cncn1. The van der Waals surface area contributed by atoms with Crippen LogP contribution in [0.3, 0.4) is 0 Å². The molecule has 0 N–H and O–H groups in total. The van der Waals surface area contributed by atoms with Crippen molar-refractivity contribution >= 4 is 0 Å². The van der Waals surface area contributed by atoms with Gasteiger partial charge in [0.25, 0.3) is 0 Å².